The molecule has 8 nitrogen and oxygen atoms in total. The van der Waals surface area contributed by atoms with Gasteiger partial charge in [-0.15, -0.1) is 0 Å². The molecular weight excluding hydrogens is 768 g/mol. The number of amides is 1. The molecule has 0 heterocycles. The number of unbranched alkanes of at least 4 members (excludes halogenated alkanes) is 17. The lowest BCUT2D eigenvalue weighted by molar-refractivity contribution is -0.870. The van der Waals surface area contributed by atoms with Crippen molar-refractivity contribution in [2.75, 3.05) is 40.9 Å². The number of carbonyl (C=O) groups is 1. The molecule has 60 heavy (non-hydrogen) atoms. The van der Waals surface area contributed by atoms with Crippen LogP contribution in [0.2, 0.25) is 0 Å². The number of likely N-dealkylation sites (N-methyl/N-ethyl adjacent to an activating group) is 1. The van der Waals surface area contributed by atoms with E-state index in [4.69, 9.17) is 9.05 Å². The molecule has 0 fully saturated rings. The van der Waals surface area contributed by atoms with E-state index in [1.165, 1.54) is 89.9 Å². The summed E-state index contributed by atoms with van der Waals surface area (Å²) in [5.74, 6) is -0.216. The lowest BCUT2D eigenvalue weighted by Gasteiger charge is -2.29. The van der Waals surface area contributed by atoms with Crippen molar-refractivity contribution in [2.45, 2.75) is 193 Å². The fraction of sp³-hybridized carbons (Fsp3) is 0.706. The molecule has 3 unspecified atom stereocenters. The highest BCUT2D eigenvalue weighted by molar-refractivity contribution is 7.45. The van der Waals surface area contributed by atoms with Crippen molar-refractivity contribution in [1.29, 1.82) is 0 Å². The zero-order valence-corrected chi connectivity index (χ0v) is 40.0. The molecule has 0 saturated heterocycles. The fourth-order valence-corrected chi connectivity index (χ4v) is 7.03. The second-order valence-electron chi connectivity index (χ2n) is 17.1. The first-order chi connectivity index (χ1) is 29.0. The van der Waals surface area contributed by atoms with Crippen molar-refractivity contribution in [3.63, 3.8) is 0 Å². The number of hydrogen-bond donors (Lipinski definition) is 2. The van der Waals surface area contributed by atoms with Crippen molar-refractivity contribution >= 4 is 13.7 Å². The molecule has 0 radical (unpaired) electrons. The van der Waals surface area contributed by atoms with Crippen LogP contribution in [0.4, 0.5) is 0 Å². The summed E-state index contributed by atoms with van der Waals surface area (Å²) in [4.78, 5) is 25.3. The second kappa shape index (κ2) is 42.0. The van der Waals surface area contributed by atoms with Gasteiger partial charge in [0.1, 0.15) is 13.2 Å². The number of nitrogens with zero attached hydrogens (tertiary/aromatic N) is 1. The average Bonchev–Trinajstić information content (AvgIpc) is 3.20. The molecule has 2 N–H and O–H groups in total. The van der Waals surface area contributed by atoms with Crippen LogP contribution in [0.25, 0.3) is 0 Å². The van der Waals surface area contributed by atoms with Gasteiger partial charge >= 0.3 is 0 Å². The third-order valence-electron chi connectivity index (χ3n) is 10.1. The van der Waals surface area contributed by atoms with Gasteiger partial charge in [-0.25, -0.2) is 0 Å². The maximum absolute atomic E-state index is 12.8. The quantitative estimate of drug-likeness (QED) is 0.0274. The van der Waals surface area contributed by atoms with Gasteiger partial charge in [0.15, 0.2) is 0 Å². The molecule has 0 saturated carbocycles. The predicted octanol–water partition coefficient (Wildman–Crippen LogP) is 13.1. The standard InChI is InChI=1S/C51H91N2O6P/c1-6-8-10-12-14-16-17-18-19-20-21-22-23-24-25-26-27-28-29-30-31-32-33-34-35-37-39-41-43-45-51(55)52-49(48-59-60(56,57)58-47-46-53(3,4)5)50(54)44-42-40-38-36-15-13-11-9-7-2/h8,10,14-16,18-19,21-22,24-25,36,42,44,49-50,54H,6-7,9,11-13,17,20,23,26-35,37-41,43,45-48H2,1-5H3,(H-,52,55,56,57)/b10-8-,16-14-,19-18-,22-21-,25-24-,36-15+,44-42+. The van der Waals surface area contributed by atoms with Gasteiger partial charge in [0.25, 0.3) is 7.82 Å². The van der Waals surface area contributed by atoms with Crippen LogP contribution in [0.15, 0.2) is 85.1 Å². The van der Waals surface area contributed by atoms with Crippen LogP contribution in [-0.2, 0) is 18.4 Å². The Hall–Kier alpha value is -2.32. The molecular formula is C51H91N2O6P. The maximum atomic E-state index is 12.8. The van der Waals surface area contributed by atoms with Gasteiger partial charge in [-0.1, -0.05) is 182 Å². The zero-order valence-electron chi connectivity index (χ0n) is 39.1. The summed E-state index contributed by atoms with van der Waals surface area (Å²) in [6, 6.07) is -0.905. The summed E-state index contributed by atoms with van der Waals surface area (Å²) in [5, 5.41) is 13.7. The minimum absolute atomic E-state index is 0.0103. The number of allylic oxidation sites excluding steroid dienone is 13. The van der Waals surface area contributed by atoms with E-state index in [-0.39, 0.29) is 12.5 Å². The van der Waals surface area contributed by atoms with Crippen LogP contribution in [0.3, 0.4) is 0 Å². The Balaban J connectivity index is 4.12. The summed E-state index contributed by atoms with van der Waals surface area (Å²) in [6.07, 6.45) is 58.0. The Bertz CT molecular complexity index is 1250. The highest BCUT2D eigenvalue weighted by Crippen LogP contribution is 2.38. The molecule has 3 atom stereocenters. The van der Waals surface area contributed by atoms with E-state index in [2.05, 4.69) is 92.1 Å². The molecule has 1 amide bonds. The molecule has 0 bridgehead atoms. The van der Waals surface area contributed by atoms with Gasteiger partial charge in [-0.05, 0) is 77.0 Å². The van der Waals surface area contributed by atoms with E-state index in [9.17, 15) is 19.4 Å². The number of phosphoric acid groups is 1. The first-order valence-electron chi connectivity index (χ1n) is 23.9. The van der Waals surface area contributed by atoms with Crippen molar-refractivity contribution in [3.05, 3.63) is 85.1 Å². The maximum Gasteiger partial charge on any atom is 0.268 e. The lowest BCUT2D eigenvalue weighted by atomic mass is 10.0. The van der Waals surface area contributed by atoms with Gasteiger partial charge in [0.2, 0.25) is 5.91 Å². The Labute approximate surface area is 369 Å². The molecule has 0 aromatic heterocycles. The number of phosphoric ester groups is 1. The van der Waals surface area contributed by atoms with Gasteiger partial charge in [-0.3, -0.25) is 9.36 Å². The van der Waals surface area contributed by atoms with Gasteiger partial charge < -0.3 is 28.8 Å². The summed E-state index contributed by atoms with van der Waals surface area (Å²) < 4.78 is 23.1. The highest BCUT2D eigenvalue weighted by Gasteiger charge is 2.23. The van der Waals surface area contributed by atoms with Crippen LogP contribution >= 0.6 is 7.82 Å². The van der Waals surface area contributed by atoms with Crippen molar-refractivity contribution in [2.24, 2.45) is 0 Å². The van der Waals surface area contributed by atoms with Gasteiger partial charge in [0.05, 0.1) is 39.9 Å². The van der Waals surface area contributed by atoms with Crippen LogP contribution < -0.4 is 10.2 Å². The molecule has 0 spiro atoms. The van der Waals surface area contributed by atoms with E-state index in [1.54, 1.807) is 6.08 Å². The van der Waals surface area contributed by atoms with Crippen LogP contribution in [0.5, 0.6) is 0 Å². The second-order valence-corrected chi connectivity index (χ2v) is 18.5. The smallest absolute Gasteiger partial charge is 0.268 e. The van der Waals surface area contributed by atoms with Crippen molar-refractivity contribution in [1.82, 2.24) is 5.32 Å². The zero-order chi connectivity index (χ0) is 44.3. The number of carbonyl (C=O) groups excluding carboxylic acids is 1. The molecule has 9 heteroatoms. The van der Waals surface area contributed by atoms with E-state index < -0.39 is 26.6 Å². The SMILES string of the molecule is CC/C=C\C/C=C\C/C=C\C/C=C\C/C=C\CCCCCCCCCCCCCCCC(=O)NC(COP(=O)([O-])OCC[N+](C)(C)C)C(O)/C=C/CC/C=C/CCCCC. The Kier molecular flexibility index (Phi) is 40.4. The molecule has 0 rings (SSSR count). The minimum Gasteiger partial charge on any atom is -0.756 e. The van der Waals surface area contributed by atoms with Gasteiger partial charge in [0, 0.05) is 6.42 Å². The fourth-order valence-electron chi connectivity index (χ4n) is 6.31. The van der Waals surface area contributed by atoms with Gasteiger partial charge in [-0.2, -0.15) is 0 Å². The number of hydrogen-bond acceptors (Lipinski definition) is 6. The van der Waals surface area contributed by atoms with E-state index in [1.807, 2.05) is 27.2 Å². The Morgan fingerprint density at radius 3 is 1.55 bits per heavy atom. The Morgan fingerprint density at radius 1 is 0.600 bits per heavy atom. The first kappa shape index (κ1) is 57.7. The van der Waals surface area contributed by atoms with Crippen molar-refractivity contribution < 1.29 is 32.9 Å². The molecule has 0 aliphatic rings. The topological polar surface area (TPSA) is 108 Å². The highest BCUT2D eigenvalue weighted by atomic mass is 31.2. The summed E-state index contributed by atoms with van der Waals surface area (Å²) in [7, 11) is 1.23. The molecule has 0 aliphatic carbocycles. The molecule has 346 valence electrons. The number of quaternary nitrogens is 1. The van der Waals surface area contributed by atoms with E-state index in [0.717, 1.165) is 70.6 Å². The third-order valence-corrected chi connectivity index (χ3v) is 11.1. The average molecular weight is 859 g/mol. The summed E-state index contributed by atoms with van der Waals surface area (Å²) in [5.41, 5.74) is 0. The number of rotatable bonds is 42. The minimum atomic E-state index is -4.59. The van der Waals surface area contributed by atoms with Crippen molar-refractivity contribution in [3.8, 4) is 0 Å². The number of aliphatic hydroxyl groups is 1. The van der Waals surface area contributed by atoms with Crippen LogP contribution in [-0.4, -0.2) is 68.5 Å². The molecule has 0 aromatic rings. The normalized spacial score (nSPS) is 15.0. The van der Waals surface area contributed by atoms with Crippen LogP contribution in [0, 0.1) is 0 Å². The number of aliphatic hydroxyl groups excluding tert-OH is 1. The monoisotopic (exact) mass is 859 g/mol. The largest absolute Gasteiger partial charge is 0.756 e. The molecule has 0 aromatic carbocycles. The predicted molar refractivity (Wildman–Crippen MR) is 256 cm³/mol. The summed E-state index contributed by atoms with van der Waals surface area (Å²) in [6.45, 7) is 4.44. The third kappa shape index (κ3) is 43.8. The van der Waals surface area contributed by atoms with E-state index in [0.29, 0.717) is 17.4 Å². The van der Waals surface area contributed by atoms with Crippen LogP contribution in [0.1, 0.15) is 181 Å². The van der Waals surface area contributed by atoms with E-state index >= 15 is 0 Å². The lowest BCUT2D eigenvalue weighted by Crippen LogP contribution is -2.45. The Morgan fingerprint density at radius 2 is 1.03 bits per heavy atom. The molecule has 0 aliphatic heterocycles. The first-order valence-corrected chi connectivity index (χ1v) is 25.4. The summed E-state index contributed by atoms with van der Waals surface area (Å²) >= 11 is 0. The number of nitrogens with one attached hydrogen (secondary N) is 1.